The van der Waals surface area contributed by atoms with Gasteiger partial charge in [0.05, 0.1) is 23.7 Å². The molecular weight excluding hydrogens is 264 g/mol. The van der Waals surface area contributed by atoms with Crippen molar-refractivity contribution >= 4 is 17.3 Å². The maximum absolute atomic E-state index is 12.3. The fourth-order valence-electron chi connectivity index (χ4n) is 1.92. The van der Waals surface area contributed by atoms with Gasteiger partial charge in [0.1, 0.15) is 0 Å². The Morgan fingerprint density at radius 3 is 2.71 bits per heavy atom. The van der Waals surface area contributed by atoms with E-state index < -0.39 is 0 Å². The number of rotatable bonds is 5. The van der Waals surface area contributed by atoms with Gasteiger partial charge in [0.2, 0.25) is 0 Å². The maximum atomic E-state index is 12.3. The molecule has 0 unspecified atom stereocenters. The van der Waals surface area contributed by atoms with Gasteiger partial charge in [-0.2, -0.15) is 5.26 Å². The molecule has 1 heterocycles. The molecule has 0 radical (unpaired) electrons. The van der Waals surface area contributed by atoms with Crippen molar-refractivity contribution < 1.29 is 4.79 Å². The van der Waals surface area contributed by atoms with Crippen LogP contribution in [0.1, 0.15) is 22.8 Å². The Labute approximate surface area is 123 Å². The van der Waals surface area contributed by atoms with Crippen molar-refractivity contribution in [1.29, 1.82) is 5.26 Å². The molecule has 0 saturated carbocycles. The van der Waals surface area contributed by atoms with Gasteiger partial charge < -0.3 is 10.6 Å². The minimum atomic E-state index is -0.216. The third-order valence-electron chi connectivity index (χ3n) is 2.93. The van der Waals surface area contributed by atoms with Crippen LogP contribution >= 0.6 is 0 Å². The number of hydrogen-bond donors (Lipinski definition) is 2. The van der Waals surface area contributed by atoms with Gasteiger partial charge >= 0.3 is 0 Å². The zero-order valence-electron chi connectivity index (χ0n) is 11.8. The van der Waals surface area contributed by atoms with Crippen LogP contribution < -0.4 is 10.6 Å². The topological polar surface area (TPSA) is 77.8 Å². The first-order chi connectivity index (χ1) is 10.2. The van der Waals surface area contributed by atoms with Crippen molar-refractivity contribution in [3.05, 3.63) is 53.9 Å². The number of amides is 1. The number of anilines is 2. The van der Waals surface area contributed by atoms with Crippen molar-refractivity contribution in [2.45, 2.75) is 13.3 Å². The Balaban J connectivity index is 2.13. The molecule has 0 spiro atoms. The molecule has 0 aliphatic rings. The normalized spacial score (nSPS) is 9.71. The van der Waals surface area contributed by atoms with E-state index in [0.29, 0.717) is 17.7 Å². The Kier molecular flexibility index (Phi) is 4.89. The second-order valence-electron chi connectivity index (χ2n) is 4.44. The van der Waals surface area contributed by atoms with Crippen LogP contribution in [0.3, 0.4) is 0 Å². The Morgan fingerprint density at radius 2 is 2.05 bits per heavy atom. The summed E-state index contributed by atoms with van der Waals surface area (Å²) in [5.74, 6) is -0.216. The first-order valence-corrected chi connectivity index (χ1v) is 6.69. The molecule has 5 heteroatoms. The van der Waals surface area contributed by atoms with Crippen LogP contribution in [0.25, 0.3) is 0 Å². The second-order valence-corrected chi connectivity index (χ2v) is 4.44. The van der Waals surface area contributed by atoms with Gasteiger partial charge in [-0.3, -0.25) is 9.78 Å². The fraction of sp³-hybridized carbons (Fsp3) is 0.188. The molecule has 0 atom stereocenters. The van der Waals surface area contributed by atoms with Gasteiger partial charge in [0.15, 0.2) is 0 Å². The molecule has 0 saturated heterocycles. The van der Waals surface area contributed by atoms with Crippen LogP contribution in [-0.4, -0.2) is 17.4 Å². The summed E-state index contributed by atoms with van der Waals surface area (Å²) in [6.07, 6.45) is 3.55. The molecule has 1 aromatic heterocycles. The highest BCUT2D eigenvalue weighted by Gasteiger charge is 2.11. The number of nitrogens with one attached hydrogen (secondary N) is 2. The predicted molar refractivity (Wildman–Crippen MR) is 82.1 cm³/mol. The fourth-order valence-corrected chi connectivity index (χ4v) is 1.92. The highest BCUT2D eigenvalue weighted by Crippen LogP contribution is 2.16. The number of carbonyl (C=O) groups is 1. The largest absolute Gasteiger partial charge is 0.385 e. The zero-order chi connectivity index (χ0) is 15.1. The molecule has 1 aromatic carbocycles. The van der Waals surface area contributed by atoms with Gasteiger partial charge in [-0.05, 0) is 30.7 Å². The summed E-state index contributed by atoms with van der Waals surface area (Å²) in [6, 6.07) is 11.1. The molecule has 2 aromatic rings. The van der Waals surface area contributed by atoms with Crippen molar-refractivity contribution in [1.82, 2.24) is 4.98 Å². The molecule has 0 bridgehead atoms. The van der Waals surface area contributed by atoms with E-state index in [1.165, 1.54) is 6.20 Å². The lowest BCUT2D eigenvalue weighted by Gasteiger charge is -2.10. The third-order valence-corrected chi connectivity index (χ3v) is 2.93. The summed E-state index contributed by atoms with van der Waals surface area (Å²) in [5, 5.41) is 14.6. The summed E-state index contributed by atoms with van der Waals surface area (Å²) < 4.78 is 0. The van der Waals surface area contributed by atoms with E-state index in [1.54, 1.807) is 24.4 Å². The molecule has 0 fully saturated rings. The molecular formula is C16H16N4O. The summed E-state index contributed by atoms with van der Waals surface area (Å²) in [6.45, 7) is 2.70. The summed E-state index contributed by atoms with van der Waals surface area (Å²) in [4.78, 5) is 16.3. The van der Waals surface area contributed by atoms with E-state index in [1.807, 2.05) is 19.1 Å². The average Bonchev–Trinajstić information content (AvgIpc) is 2.50. The molecule has 5 nitrogen and oxygen atoms in total. The minimum Gasteiger partial charge on any atom is -0.385 e. The highest BCUT2D eigenvalue weighted by molar-refractivity contribution is 6.07. The molecule has 2 rings (SSSR count). The second kappa shape index (κ2) is 7.06. The van der Waals surface area contributed by atoms with Gasteiger partial charge in [0, 0.05) is 24.6 Å². The van der Waals surface area contributed by atoms with E-state index in [4.69, 9.17) is 5.26 Å². The SMILES string of the molecule is CCNc1ccncc1C(=O)Nc1ccc(CC#N)cc1. The van der Waals surface area contributed by atoms with Crippen molar-refractivity contribution in [3.63, 3.8) is 0 Å². The lowest BCUT2D eigenvalue weighted by Crippen LogP contribution is -2.15. The molecule has 21 heavy (non-hydrogen) atoms. The van der Waals surface area contributed by atoms with Crippen molar-refractivity contribution in [2.75, 3.05) is 17.2 Å². The number of hydrogen-bond acceptors (Lipinski definition) is 4. The first kappa shape index (κ1) is 14.5. The Hall–Kier alpha value is -2.87. The number of carbonyl (C=O) groups excluding carboxylic acids is 1. The van der Waals surface area contributed by atoms with Gasteiger partial charge in [0.25, 0.3) is 5.91 Å². The van der Waals surface area contributed by atoms with E-state index >= 15 is 0 Å². The van der Waals surface area contributed by atoms with E-state index in [2.05, 4.69) is 21.7 Å². The highest BCUT2D eigenvalue weighted by atomic mass is 16.1. The average molecular weight is 280 g/mol. The van der Waals surface area contributed by atoms with Crippen LogP contribution in [0, 0.1) is 11.3 Å². The van der Waals surface area contributed by atoms with Crippen LogP contribution in [0.2, 0.25) is 0 Å². The molecule has 0 aliphatic heterocycles. The monoisotopic (exact) mass is 280 g/mol. The Morgan fingerprint density at radius 1 is 1.29 bits per heavy atom. The minimum absolute atomic E-state index is 0.216. The van der Waals surface area contributed by atoms with Gasteiger partial charge in [-0.1, -0.05) is 12.1 Å². The zero-order valence-corrected chi connectivity index (χ0v) is 11.8. The lowest BCUT2D eigenvalue weighted by atomic mass is 10.1. The summed E-state index contributed by atoms with van der Waals surface area (Å²) >= 11 is 0. The number of nitrogens with zero attached hydrogens (tertiary/aromatic N) is 2. The first-order valence-electron chi connectivity index (χ1n) is 6.69. The van der Waals surface area contributed by atoms with Crippen LogP contribution in [-0.2, 0) is 6.42 Å². The van der Waals surface area contributed by atoms with Crippen molar-refractivity contribution in [3.8, 4) is 6.07 Å². The summed E-state index contributed by atoms with van der Waals surface area (Å²) in [7, 11) is 0. The van der Waals surface area contributed by atoms with Crippen LogP contribution in [0.4, 0.5) is 11.4 Å². The van der Waals surface area contributed by atoms with E-state index in [-0.39, 0.29) is 5.91 Å². The van der Waals surface area contributed by atoms with Gasteiger partial charge in [-0.15, -0.1) is 0 Å². The van der Waals surface area contributed by atoms with Crippen LogP contribution in [0.5, 0.6) is 0 Å². The lowest BCUT2D eigenvalue weighted by molar-refractivity contribution is 0.102. The van der Waals surface area contributed by atoms with Crippen LogP contribution in [0.15, 0.2) is 42.7 Å². The molecule has 2 N–H and O–H groups in total. The predicted octanol–water partition coefficient (Wildman–Crippen LogP) is 2.83. The molecule has 1 amide bonds. The molecule has 0 aliphatic carbocycles. The number of nitriles is 1. The Bertz CT molecular complexity index is 659. The summed E-state index contributed by atoms with van der Waals surface area (Å²) in [5.41, 5.74) is 2.87. The van der Waals surface area contributed by atoms with Crippen molar-refractivity contribution in [2.24, 2.45) is 0 Å². The number of benzene rings is 1. The third kappa shape index (κ3) is 3.80. The standard InChI is InChI=1S/C16H16N4O/c1-2-19-15-8-10-18-11-14(15)16(21)20-13-5-3-12(4-6-13)7-9-17/h3-6,8,10-11H,2,7H2,1H3,(H,18,19)(H,20,21). The number of aromatic nitrogens is 1. The van der Waals surface area contributed by atoms with E-state index in [0.717, 1.165) is 17.8 Å². The molecule has 106 valence electrons. The van der Waals surface area contributed by atoms with E-state index in [9.17, 15) is 4.79 Å². The smallest absolute Gasteiger partial charge is 0.259 e. The quantitative estimate of drug-likeness (QED) is 0.882. The van der Waals surface area contributed by atoms with Gasteiger partial charge in [-0.25, -0.2) is 0 Å². The maximum Gasteiger partial charge on any atom is 0.259 e. The number of pyridine rings is 1.